The third-order valence-electron chi connectivity index (χ3n) is 2.68. The molecule has 0 aliphatic heterocycles. The molecular weight excluding hydrogens is 280 g/mol. The van der Waals surface area contributed by atoms with Crippen molar-refractivity contribution in [2.45, 2.75) is 26.3 Å². The Labute approximate surface area is 120 Å². The molecule has 2 N–H and O–H groups in total. The lowest BCUT2D eigenvalue weighted by atomic mass is 10.0. The fraction of sp³-hybridized carbons (Fsp3) is 0.385. The summed E-state index contributed by atoms with van der Waals surface area (Å²) in [4.78, 5) is 33.5. The van der Waals surface area contributed by atoms with E-state index in [0.29, 0.717) is 0 Å². The smallest absolute Gasteiger partial charge is 0.328 e. The maximum atomic E-state index is 12.2. The second kappa shape index (κ2) is 6.21. The minimum atomic E-state index is -1.51. The molecule has 21 heavy (non-hydrogen) atoms. The fourth-order valence-electron chi connectivity index (χ4n) is 1.55. The summed E-state index contributed by atoms with van der Waals surface area (Å²) < 4.78 is 5.18. The van der Waals surface area contributed by atoms with Crippen LogP contribution in [-0.4, -0.2) is 34.1 Å². The second-order valence-corrected chi connectivity index (χ2v) is 4.73. The number of amides is 1. The van der Waals surface area contributed by atoms with E-state index < -0.39 is 22.3 Å². The minimum absolute atomic E-state index is 0.0830. The van der Waals surface area contributed by atoms with Gasteiger partial charge in [-0.3, -0.25) is 14.9 Å². The first kappa shape index (κ1) is 16.4. The van der Waals surface area contributed by atoms with Crippen LogP contribution < -0.4 is 10.1 Å². The van der Waals surface area contributed by atoms with E-state index >= 15 is 0 Å². The average molecular weight is 296 g/mol. The zero-order chi connectivity index (χ0) is 16.2. The maximum Gasteiger partial charge on any atom is 0.328 e. The van der Waals surface area contributed by atoms with E-state index in [-0.39, 0.29) is 23.6 Å². The van der Waals surface area contributed by atoms with Crippen LogP contribution in [0.25, 0.3) is 0 Å². The number of nitro groups is 1. The highest BCUT2D eigenvalue weighted by Crippen LogP contribution is 2.31. The number of rotatable bonds is 6. The summed E-state index contributed by atoms with van der Waals surface area (Å²) >= 11 is 0. The molecule has 0 heterocycles. The number of ether oxygens (including phenoxy) is 1. The standard InChI is InChI=1S/C13H16N2O6/c1-4-21-10-8(6-5-7-9(10)15(19)20)11(16)14-13(2,3)12(17)18/h5-7H,4H2,1-3H3,(H,14,16)(H,17,18). The van der Waals surface area contributed by atoms with Crippen LogP contribution in [0.5, 0.6) is 5.75 Å². The number of aliphatic carboxylic acids is 1. The fourth-order valence-corrected chi connectivity index (χ4v) is 1.55. The van der Waals surface area contributed by atoms with Gasteiger partial charge in [-0.15, -0.1) is 0 Å². The van der Waals surface area contributed by atoms with Gasteiger partial charge in [0.05, 0.1) is 17.1 Å². The number of hydrogen-bond acceptors (Lipinski definition) is 5. The van der Waals surface area contributed by atoms with Gasteiger partial charge < -0.3 is 15.2 Å². The van der Waals surface area contributed by atoms with Crippen molar-refractivity contribution < 1.29 is 24.4 Å². The number of carbonyl (C=O) groups excluding carboxylic acids is 1. The van der Waals surface area contributed by atoms with E-state index in [1.54, 1.807) is 6.92 Å². The molecule has 0 atom stereocenters. The van der Waals surface area contributed by atoms with Crippen molar-refractivity contribution in [2.24, 2.45) is 0 Å². The SMILES string of the molecule is CCOc1c(C(=O)NC(C)(C)C(=O)O)cccc1[N+](=O)[O-]. The molecule has 1 rings (SSSR count). The van der Waals surface area contributed by atoms with Crippen LogP contribution in [0, 0.1) is 10.1 Å². The van der Waals surface area contributed by atoms with Crippen molar-refractivity contribution in [2.75, 3.05) is 6.61 Å². The predicted octanol–water partition coefficient (Wildman–Crippen LogP) is 1.59. The predicted molar refractivity (Wildman–Crippen MR) is 73.4 cm³/mol. The lowest BCUT2D eigenvalue weighted by Crippen LogP contribution is -2.49. The van der Waals surface area contributed by atoms with Crippen LogP contribution in [-0.2, 0) is 4.79 Å². The highest BCUT2D eigenvalue weighted by molar-refractivity contribution is 6.00. The Morgan fingerprint density at radius 3 is 2.52 bits per heavy atom. The Bertz CT molecular complexity index is 582. The number of para-hydroxylation sites is 1. The number of carboxylic acids is 1. The largest absolute Gasteiger partial charge is 0.487 e. The Balaban J connectivity index is 3.23. The molecule has 1 aromatic rings. The molecule has 0 aromatic heterocycles. The van der Waals surface area contributed by atoms with Gasteiger partial charge in [-0.05, 0) is 26.8 Å². The zero-order valence-electron chi connectivity index (χ0n) is 11.9. The molecule has 0 bridgehead atoms. The van der Waals surface area contributed by atoms with Crippen molar-refractivity contribution in [1.82, 2.24) is 5.32 Å². The van der Waals surface area contributed by atoms with Crippen molar-refractivity contribution in [1.29, 1.82) is 0 Å². The van der Waals surface area contributed by atoms with Crippen molar-refractivity contribution in [3.8, 4) is 5.75 Å². The number of carboxylic acid groups (broad SMARTS) is 1. The van der Waals surface area contributed by atoms with Gasteiger partial charge in [0, 0.05) is 6.07 Å². The van der Waals surface area contributed by atoms with Crippen LogP contribution in [0.3, 0.4) is 0 Å². The van der Waals surface area contributed by atoms with Gasteiger partial charge in [-0.1, -0.05) is 6.07 Å². The summed E-state index contributed by atoms with van der Waals surface area (Å²) in [7, 11) is 0. The Hall–Kier alpha value is -2.64. The molecule has 0 aliphatic rings. The van der Waals surface area contributed by atoms with Gasteiger partial charge in [0.2, 0.25) is 5.75 Å². The molecule has 0 saturated carbocycles. The van der Waals surface area contributed by atoms with Crippen LogP contribution in [0.1, 0.15) is 31.1 Å². The van der Waals surface area contributed by atoms with Crippen LogP contribution in [0.15, 0.2) is 18.2 Å². The van der Waals surface area contributed by atoms with Crippen molar-refractivity contribution in [3.63, 3.8) is 0 Å². The summed E-state index contributed by atoms with van der Waals surface area (Å²) in [5, 5.41) is 22.3. The average Bonchev–Trinajstić information content (AvgIpc) is 2.38. The third kappa shape index (κ3) is 3.68. The second-order valence-electron chi connectivity index (χ2n) is 4.73. The van der Waals surface area contributed by atoms with Crippen LogP contribution >= 0.6 is 0 Å². The van der Waals surface area contributed by atoms with Crippen LogP contribution in [0.2, 0.25) is 0 Å². The summed E-state index contributed by atoms with van der Waals surface area (Å²) in [6, 6.07) is 3.89. The van der Waals surface area contributed by atoms with E-state index in [1.165, 1.54) is 32.0 Å². The molecule has 1 aromatic carbocycles. The normalized spacial score (nSPS) is 10.8. The number of carbonyl (C=O) groups is 2. The summed E-state index contributed by atoms with van der Waals surface area (Å²) in [6.45, 7) is 4.38. The summed E-state index contributed by atoms with van der Waals surface area (Å²) in [5.74, 6) is -2.16. The monoisotopic (exact) mass is 296 g/mol. The molecule has 114 valence electrons. The van der Waals surface area contributed by atoms with Crippen molar-refractivity contribution >= 4 is 17.6 Å². The highest BCUT2D eigenvalue weighted by atomic mass is 16.6. The van der Waals surface area contributed by atoms with E-state index in [2.05, 4.69) is 5.32 Å². The van der Waals surface area contributed by atoms with Gasteiger partial charge >= 0.3 is 11.7 Å². The summed E-state index contributed by atoms with van der Waals surface area (Å²) in [5.41, 5.74) is -1.94. The number of hydrogen-bond donors (Lipinski definition) is 2. The lowest BCUT2D eigenvalue weighted by Gasteiger charge is -2.21. The van der Waals surface area contributed by atoms with E-state index in [0.717, 1.165) is 0 Å². The molecule has 0 saturated heterocycles. The number of benzene rings is 1. The molecular formula is C13H16N2O6. The molecule has 8 heteroatoms. The van der Waals surface area contributed by atoms with Crippen LogP contribution in [0.4, 0.5) is 5.69 Å². The van der Waals surface area contributed by atoms with E-state index in [1.807, 2.05) is 0 Å². The molecule has 0 aliphatic carbocycles. The topological polar surface area (TPSA) is 119 Å². The summed E-state index contributed by atoms with van der Waals surface area (Å²) in [6.07, 6.45) is 0. The molecule has 1 amide bonds. The van der Waals surface area contributed by atoms with Gasteiger partial charge in [-0.25, -0.2) is 4.79 Å². The molecule has 0 spiro atoms. The molecule has 0 unspecified atom stereocenters. The van der Waals surface area contributed by atoms with Gasteiger partial charge in [0.25, 0.3) is 5.91 Å². The maximum absolute atomic E-state index is 12.2. The first-order valence-corrected chi connectivity index (χ1v) is 6.16. The quantitative estimate of drug-likeness (QED) is 0.607. The number of nitrogens with one attached hydrogen (secondary N) is 1. The highest BCUT2D eigenvalue weighted by Gasteiger charge is 2.31. The van der Waals surface area contributed by atoms with E-state index in [4.69, 9.17) is 9.84 Å². The number of nitro benzene ring substituents is 1. The third-order valence-corrected chi connectivity index (χ3v) is 2.68. The molecule has 0 radical (unpaired) electrons. The zero-order valence-corrected chi connectivity index (χ0v) is 11.9. The molecule has 0 fully saturated rings. The lowest BCUT2D eigenvalue weighted by molar-refractivity contribution is -0.385. The van der Waals surface area contributed by atoms with E-state index in [9.17, 15) is 19.7 Å². The first-order valence-electron chi connectivity index (χ1n) is 6.16. The number of nitrogens with zero attached hydrogens (tertiary/aromatic N) is 1. The van der Waals surface area contributed by atoms with Gasteiger partial charge in [-0.2, -0.15) is 0 Å². The Kier molecular flexibility index (Phi) is 4.85. The molecule has 8 nitrogen and oxygen atoms in total. The van der Waals surface area contributed by atoms with Crippen molar-refractivity contribution in [3.05, 3.63) is 33.9 Å². The first-order chi connectivity index (χ1) is 9.70. The minimum Gasteiger partial charge on any atom is -0.487 e. The Morgan fingerprint density at radius 2 is 2.05 bits per heavy atom. The van der Waals surface area contributed by atoms with Gasteiger partial charge in [0.1, 0.15) is 5.54 Å². The Morgan fingerprint density at radius 1 is 1.43 bits per heavy atom. The van der Waals surface area contributed by atoms with Gasteiger partial charge in [0.15, 0.2) is 0 Å².